The smallest absolute Gasteiger partial charge is 0.291 e. The molecule has 0 aliphatic carbocycles. The zero-order valence-corrected chi connectivity index (χ0v) is 14.0. The van der Waals surface area contributed by atoms with Crippen LogP contribution in [0.1, 0.15) is 15.9 Å². The van der Waals surface area contributed by atoms with Crippen molar-refractivity contribution in [3.63, 3.8) is 0 Å². The lowest BCUT2D eigenvalue weighted by Gasteiger charge is -2.24. The number of hydrogen-bond donors (Lipinski definition) is 0. The highest BCUT2D eigenvalue weighted by molar-refractivity contribution is 9.10. The minimum Gasteiger partial charge on any atom is -0.291 e. The van der Waals surface area contributed by atoms with Crippen molar-refractivity contribution in [1.82, 2.24) is 4.90 Å². The Hall–Kier alpha value is -2.05. The maximum atomic E-state index is 13.2. The molecule has 2 aromatic carbocycles. The summed E-state index contributed by atoms with van der Waals surface area (Å²) in [5.74, 6) is -1.33. The van der Waals surface area contributed by atoms with Gasteiger partial charge in [-0.1, -0.05) is 28.1 Å². The number of nitrogens with zero attached hydrogens (tertiary/aromatic N) is 2. The van der Waals surface area contributed by atoms with Gasteiger partial charge in [0.05, 0.1) is 17.9 Å². The van der Waals surface area contributed by atoms with E-state index in [1.807, 2.05) is 18.0 Å². The quantitative estimate of drug-likeness (QED) is 0.769. The zero-order valence-electron chi connectivity index (χ0n) is 12.4. The summed E-state index contributed by atoms with van der Waals surface area (Å²) in [6.45, 7) is 0.733. The molecular formula is C17H14BrFN2O2. The molecule has 6 heteroatoms. The highest BCUT2D eigenvalue weighted by Crippen LogP contribution is 2.31. The average Bonchev–Trinajstić information content (AvgIpc) is 2.72. The molecule has 1 aliphatic rings. The Kier molecular flexibility index (Phi) is 4.28. The molecule has 0 unspecified atom stereocenters. The molecule has 0 atom stereocenters. The number of ketones is 1. The molecule has 0 saturated heterocycles. The Morgan fingerprint density at radius 1 is 1.17 bits per heavy atom. The van der Waals surface area contributed by atoms with Crippen LogP contribution in [-0.4, -0.2) is 30.3 Å². The van der Waals surface area contributed by atoms with Crippen molar-refractivity contribution in [2.75, 3.05) is 18.6 Å². The predicted molar refractivity (Wildman–Crippen MR) is 88.7 cm³/mol. The Bertz CT molecular complexity index is 794. The van der Waals surface area contributed by atoms with Crippen LogP contribution in [0.25, 0.3) is 0 Å². The second kappa shape index (κ2) is 6.22. The van der Waals surface area contributed by atoms with Gasteiger partial charge in [0.25, 0.3) is 5.78 Å². The summed E-state index contributed by atoms with van der Waals surface area (Å²) in [7, 11) is 1.82. The molecule has 2 aromatic rings. The van der Waals surface area contributed by atoms with Crippen molar-refractivity contribution in [2.45, 2.75) is 6.54 Å². The van der Waals surface area contributed by atoms with E-state index in [2.05, 4.69) is 15.9 Å². The summed E-state index contributed by atoms with van der Waals surface area (Å²) in [5.41, 5.74) is 1.82. The number of carbonyl (C=O) groups excluding carboxylic acids is 2. The van der Waals surface area contributed by atoms with Crippen LogP contribution in [0, 0.1) is 5.82 Å². The lowest BCUT2D eigenvalue weighted by atomic mass is 10.1. The van der Waals surface area contributed by atoms with Gasteiger partial charge in [-0.2, -0.15) is 0 Å². The van der Waals surface area contributed by atoms with Crippen molar-refractivity contribution in [3.8, 4) is 0 Å². The third-order valence-corrected chi connectivity index (χ3v) is 4.15. The number of hydrogen-bond acceptors (Lipinski definition) is 3. The van der Waals surface area contributed by atoms with E-state index in [-0.39, 0.29) is 12.5 Å². The number of Topliss-reactive ketones (excluding diaryl/α,β-unsaturated/α-hetero) is 1. The maximum absolute atomic E-state index is 13.2. The van der Waals surface area contributed by atoms with Crippen molar-refractivity contribution < 1.29 is 14.0 Å². The van der Waals surface area contributed by atoms with Gasteiger partial charge in [0.2, 0.25) is 0 Å². The largest absolute Gasteiger partial charge is 0.300 e. The topological polar surface area (TPSA) is 40.6 Å². The molecule has 0 spiro atoms. The first-order chi connectivity index (χ1) is 11.0. The van der Waals surface area contributed by atoms with E-state index in [9.17, 15) is 14.0 Å². The summed E-state index contributed by atoms with van der Waals surface area (Å²) in [6, 6.07) is 11.5. The summed E-state index contributed by atoms with van der Waals surface area (Å²) >= 11 is 3.31. The SMILES string of the molecule is CN(Cc1cccc(F)c1)CN1C(=O)C(=O)c2cc(Br)ccc21. The summed E-state index contributed by atoms with van der Waals surface area (Å²) in [5, 5.41) is 0. The minimum atomic E-state index is -0.538. The molecule has 0 bridgehead atoms. The van der Waals surface area contributed by atoms with Crippen molar-refractivity contribution in [2.24, 2.45) is 0 Å². The number of carbonyl (C=O) groups is 2. The highest BCUT2D eigenvalue weighted by atomic mass is 79.9. The second-order valence-corrected chi connectivity index (χ2v) is 6.42. The number of amides is 1. The average molecular weight is 377 g/mol. The summed E-state index contributed by atoms with van der Waals surface area (Å²) < 4.78 is 14.0. The van der Waals surface area contributed by atoms with E-state index in [1.165, 1.54) is 17.0 Å². The third-order valence-electron chi connectivity index (χ3n) is 3.66. The van der Waals surface area contributed by atoms with Crippen LogP contribution < -0.4 is 4.90 Å². The Morgan fingerprint density at radius 2 is 1.96 bits per heavy atom. The molecule has 4 nitrogen and oxygen atoms in total. The molecule has 23 heavy (non-hydrogen) atoms. The minimum absolute atomic E-state index is 0.260. The van der Waals surface area contributed by atoms with Crippen LogP contribution in [-0.2, 0) is 11.3 Å². The van der Waals surface area contributed by atoms with Crippen LogP contribution in [0.5, 0.6) is 0 Å². The van der Waals surface area contributed by atoms with Gasteiger partial charge >= 0.3 is 5.91 Å². The van der Waals surface area contributed by atoms with E-state index in [0.29, 0.717) is 17.8 Å². The lowest BCUT2D eigenvalue weighted by molar-refractivity contribution is -0.114. The Labute approximate surface area is 141 Å². The molecule has 0 fully saturated rings. The standard InChI is InChI=1S/C17H14BrFN2O2/c1-20(9-11-3-2-4-13(19)7-11)10-21-15-6-5-12(18)8-14(15)16(22)17(21)23/h2-8H,9-10H2,1H3. The van der Waals surface area contributed by atoms with Crippen LogP contribution in [0.3, 0.4) is 0 Å². The first kappa shape index (κ1) is 15.8. The number of halogens is 2. The highest BCUT2D eigenvalue weighted by Gasteiger charge is 2.36. The third kappa shape index (κ3) is 3.18. The zero-order chi connectivity index (χ0) is 16.6. The second-order valence-electron chi connectivity index (χ2n) is 5.51. The molecule has 1 amide bonds. The number of anilines is 1. The summed E-state index contributed by atoms with van der Waals surface area (Å²) in [4.78, 5) is 27.6. The normalized spacial score (nSPS) is 13.8. The van der Waals surface area contributed by atoms with E-state index >= 15 is 0 Å². The van der Waals surface area contributed by atoms with E-state index in [4.69, 9.17) is 0 Å². The van der Waals surface area contributed by atoms with Gasteiger partial charge in [-0.25, -0.2) is 4.39 Å². The fourth-order valence-corrected chi connectivity index (χ4v) is 3.01. The summed E-state index contributed by atoms with van der Waals surface area (Å²) in [6.07, 6.45) is 0. The van der Waals surface area contributed by atoms with Crippen LogP contribution in [0.2, 0.25) is 0 Å². The lowest BCUT2D eigenvalue weighted by Crippen LogP contribution is -2.38. The molecule has 0 aromatic heterocycles. The molecule has 3 rings (SSSR count). The number of benzene rings is 2. The fourth-order valence-electron chi connectivity index (χ4n) is 2.65. The van der Waals surface area contributed by atoms with Crippen molar-refractivity contribution in [3.05, 3.63) is 63.9 Å². The van der Waals surface area contributed by atoms with Crippen molar-refractivity contribution >= 4 is 33.3 Å². The van der Waals surface area contributed by atoms with Gasteiger partial charge in [0, 0.05) is 11.0 Å². The number of fused-ring (bicyclic) bond motifs is 1. The Balaban J connectivity index is 1.78. The molecule has 0 radical (unpaired) electrons. The first-order valence-electron chi connectivity index (χ1n) is 7.04. The molecule has 118 valence electrons. The van der Waals surface area contributed by atoms with Gasteiger partial charge in [0.15, 0.2) is 0 Å². The van der Waals surface area contributed by atoms with Gasteiger partial charge in [-0.05, 0) is 42.9 Å². The number of rotatable bonds is 4. The van der Waals surface area contributed by atoms with Crippen LogP contribution >= 0.6 is 15.9 Å². The maximum Gasteiger partial charge on any atom is 0.300 e. The van der Waals surface area contributed by atoms with E-state index in [1.54, 1.807) is 24.3 Å². The molecule has 0 N–H and O–H groups in total. The predicted octanol–water partition coefficient (Wildman–Crippen LogP) is 3.21. The van der Waals surface area contributed by atoms with Gasteiger partial charge in [-0.15, -0.1) is 0 Å². The molecular weight excluding hydrogens is 363 g/mol. The molecule has 1 heterocycles. The van der Waals surface area contributed by atoms with E-state index in [0.717, 1.165) is 10.0 Å². The van der Waals surface area contributed by atoms with E-state index < -0.39 is 11.7 Å². The fraction of sp³-hybridized carbons (Fsp3) is 0.176. The first-order valence-corrected chi connectivity index (χ1v) is 7.84. The van der Waals surface area contributed by atoms with Gasteiger partial charge in [-0.3, -0.25) is 19.4 Å². The molecule has 1 aliphatic heterocycles. The van der Waals surface area contributed by atoms with Crippen LogP contribution in [0.15, 0.2) is 46.9 Å². The molecule has 0 saturated carbocycles. The Morgan fingerprint density at radius 3 is 2.70 bits per heavy atom. The van der Waals surface area contributed by atoms with Crippen molar-refractivity contribution in [1.29, 1.82) is 0 Å². The van der Waals surface area contributed by atoms with Gasteiger partial charge in [0.1, 0.15) is 5.82 Å². The van der Waals surface area contributed by atoms with Gasteiger partial charge < -0.3 is 0 Å². The van der Waals surface area contributed by atoms with Crippen LogP contribution in [0.4, 0.5) is 10.1 Å². The monoisotopic (exact) mass is 376 g/mol.